The smallest absolute Gasteiger partial charge is 0.264 e. The minimum absolute atomic E-state index is 0.00783. The SMILES string of the molecule is CC[C@H](C(=O)NC)N(Cc1ccc(Cl)cc1Cl)C(=O)CN(c1ccc(C)c(C)c1)S(=O)(=O)c1ccc(C)cc1. The molecule has 0 aliphatic heterocycles. The Balaban J connectivity index is 2.10. The second kappa shape index (κ2) is 12.9. The van der Waals surface area contributed by atoms with Gasteiger partial charge in [0.2, 0.25) is 11.8 Å². The lowest BCUT2D eigenvalue weighted by Crippen LogP contribution is -2.51. The highest BCUT2D eigenvalue weighted by molar-refractivity contribution is 7.92. The van der Waals surface area contributed by atoms with E-state index in [9.17, 15) is 18.0 Å². The highest BCUT2D eigenvalue weighted by atomic mass is 35.5. The first-order valence-electron chi connectivity index (χ1n) is 12.5. The summed E-state index contributed by atoms with van der Waals surface area (Å²) < 4.78 is 28.9. The van der Waals surface area contributed by atoms with Crippen molar-refractivity contribution in [2.45, 2.75) is 51.6 Å². The van der Waals surface area contributed by atoms with Crippen LogP contribution in [0.2, 0.25) is 10.0 Å². The zero-order valence-electron chi connectivity index (χ0n) is 22.7. The van der Waals surface area contributed by atoms with E-state index in [1.165, 1.54) is 24.1 Å². The lowest BCUT2D eigenvalue weighted by Gasteiger charge is -2.33. The molecule has 10 heteroatoms. The number of halogens is 2. The number of hydrogen-bond acceptors (Lipinski definition) is 4. The van der Waals surface area contributed by atoms with E-state index in [0.29, 0.717) is 27.7 Å². The molecule has 0 unspecified atom stereocenters. The number of hydrogen-bond donors (Lipinski definition) is 1. The Morgan fingerprint density at radius 3 is 2.15 bits per heavy atom. The van der Waals surface area contributed by atoms with Crippen LogP contribution in [-0.4, -0.2) is 44.8 Å². The minimum atomic E-state index is -4.13. The van der Waals surface area contributed by atoms with Gasteiger partial charge in [-0.05, 0) is 80.3 Å². The van der Waals surface area contributed by atoms with Crippen LogP contribution in [-0.2, 0) is 26.2 Å². The van der Waals surface area contributed by atoms with E-state index in [0.717, 1.165) is 21.0 Å². The Kier molecular flexibility index (Phi) is 10.0. The van der Waals surface area contributed by atoms with Gasteiger partial charge in [0.25, 0.3) is 10.0 Å². The monoisotopic (exact) mass is 589 g/mol. The van der Waals surface area contributed by atoms with Crippen LogP contribution < -0.4 is 9.62 Å². The Morgan fingerprint density at radius 2 is 1.59 bits per heavy atom. The summed E-state index contributed by atoms with van der Waals surface area (Å²) in [6.07, 6.45) is 0.310. The van der Waals surface area contributed by atoms with E-state index in [1.54, 1.807) is 49.4 Å². The first kappa shape index (κ1) is 30.5. The molecule has 0 bridgehead atoms. The molecule has 1 atom stereocenters. The maximum Gasteiger partial charge on any atom is 0.264 e. The third-order valence-electron chi connectivity index (χ3n) is 6.65. The van der Waals surface area contributed by atoms with Gasteiger partial charge < -0.3 is 10.2 Å². The second-order valence-corrected chi connectivity index (χ2v) is 12.1. The number of benzene rings is 3. The average Bonchev–Trinajstić information content (AvgIpc) is 2.89. The van der Waals surface area contributed by atoms with Crippen molar-refractivity contribution in [3.05, 3.63) is 93.0 Å². The number of anilines is 1. The van der Waals surface area contributed by atoms with Gasteiger partial charge in [-0.3, -0.25) is 13.9 Å². The molecule has 3 aromatic carbocycles. The Morgan fingerprint density at radius 1 is 0.923 bits per heavy atom. The highest BCUT2D eigenvalue weighted by Crippen LogP contribution is 2.28. The summed E-state index contributed by atoms with van der Waals surface area (Å²) in [6.45, 7) is 6.93. The van der Waals surface area contributed by atoms with Gasteiger partial charge >= 0.3 is 0 Å². The van der Waals surface area contributed by atoms with Crippen molar-refractivity contribution < 1.29 is 18.0 Å². The van der Waals surface area contributed by atoms with Crippen molar-refractivity contribution in [3.8, 4) is 0 Å². The van der Waals surface area contributed by atoms with E-state index in [-0.39, 0.29) is 17.3 Å². The lowest BCUT2D eigenvalue weighted by molar-refractivity contribution is -0.140. The van der Waals surface area contributed by atoms with E-state index in [4.69, 9.17) is 23.2 Å². The van der Waals surface area contributed by atoms with Crippen LogP contribution in [0.3, 0.4) is 0 Å². The summed E-state index contributed by atoms with van der Waals surface area (Å²) in [5, 5.41) is 3.38. The predicted octanol–water partition coefficient (Wildman–Crippen LogP) is 5.67. The second-order valence-electron chi connectivity index (χ2n) is 9.39. The fourth-order valence-corrected chi connectivity index (χ4v) is 6.04. The summed E-state index contributed by atoms with van der Waals surface area (Å²) in [5.74, 6) is -0.916. The zero-order valence-corrected chi connectivity index (χ0v) is 25.0. The number of rotatable bonds is 10. The molecule has 208 valence electrons. The summed E-state index contributed by atoms with van der Waals surface area (Å²) in [7, 11) is -2.64. The van der Waals surface area contributed by atoms with Crippen LogP contribution in [0, 0.1) is 20.8 Å². The van der Waals surface area contributed by atoms with E-state index in [1.807, 2.05) is 26.8 Å². The molecule has 39 heavy (non-hydrogen) atoms. The first-order valence-corrected chi connectivity index (χ1v) is 14.7. The summed E-state index contributed by atoms with van der Waals surface area (Å²) in [5.41, 5.74) is 3.71. The van der Waals surface area contributed by atoms with Crippen molar-refractivity contribution in [3.63, 3.8) is 0 Å². The summed E-state index contributed by atoms with van der Waals surface area (Å²) >= 11 is 12.5. The van der Waals surface area contributed by atoms with Crippen LogP contribution >= 0.6 is 23.2 Å². The number of sulfonamides is 1. The molecular formula is C29H33Cl2N3O4S. The van der Waals surface area contributed by atoms with Gasteiger partial charge in [-0.1, -0.05) is 60.0 Å². The molecule has 0 aromatic heterocycles. The number of amides is 2. The molecule has 3 aromatic rings. The van der Waals surface area contributed by atoms with Crippen molar-refractivity contribution in [2.75, 3.05) is 17.9 Å². The predicted molar refractivity (Wildman–Crippen MR) is 157 cm³/mol. The average molecular weight is 591 g/mol. The van der Waals surface area contributed by atoms with Crippen molar-refractivity contribution in [1.29, 1.82) is 0 Å². The maximum atomic E-state index is 14.0. The van der Waals surface area contributed by atoms with Crippen molar-refractivity contribution in [2.24, 2.45) is 0 Å². The lowest BCUT2D eigenvalue weighted by atomic mass is 10.1. The normalized spacial score (nSPS) is 12.1. The Hall–Kier alpha value is -3.07. The van der Waals surface area contributed by atoms with Gasteiger partial charge in [0.15, 0.2) is 0 Å². The third kappa shape index (κ3) is 7.12. The molecule has 7 nitrogen and oxygen atoms in total. The highest BCUT2D eigenvalue weighted by Gasteiger charge is 2.33. The quantitative estimate of drug-likeness (QED) is 0.330. The number of aryl methyl sites for hydroxylation is 3. The number of nitrogens with one attached hydrogen (secondary N) is 1. The fourth-order valence-electron chi connectivity index (χ4n) is 4.17. The van der Waals surface area contributed by atoms with Crippen LogP contribution in [0.1, 0.15) is 35.6 Å². The van der Waals surface area contributed by atoms with E-state index >= 15 is 0 Å². The fraction of sp³-hybridized carbons (Fsp3) is 0.310. The number of likely N-dealkylation sites (N-methyl/N-ethyl adjacent to an activating group) is 1. The van der Waals surface area contributed by atoms with E-state index in [2.05, 4.69) is 5.32 Å². The molecular weight excluding hydrogens is 557 g/mol. The molecule has 2 amide bonds. The molecule has 0 saturated carbocycles. The summed E-state index contributed by atoms with van der Waals surface area (Å²) in [4.78, 5) is 28.2. The van der Waals surface area contributed by atoms with Crippen LogP contribution in [0.15, 0.2) is 65.6 Å². The van der Waals surface area contributed by atoms with Crippen LogP contribution in [0.25, 0.3) is 0 Å². The minimum Gasteiger partial charge on any atom is -0.357 e. The van der Waals surface area contributed by atoms with E-state index < -0.39 is 28.5 Å². The van der Waals surface area contributed by atoms with Gasteiger partial charge in [-0.25, -0.2) is 8.42 Å². The zero-order chi connectivity index (χ0) is 28.9. The maximum absolute atomic E-state index is 14.0. The topological polar surface area (TPSA) is 86.8 Å². The molecule has 0 heterocycles. The molecule has 1 N–H and O–H groups in total. The number of carbonyl (C=O) groups excluding carboxylic acids is 2. The van der Waals surface area contributed by atoms with Crippen molar-refractivity contribution in [1.82, 2.24) is 10.2 Å². The van der Waals surface area contributed by atoms with Gasteiger partial charge in [0.1, 0.15) is 12.6 Å². The van der Waals surface area contributed by atoms with Gasteiger partial charge in [-0.2, -0.15) is 0 Å². The molecule has 0 aliphatic carbocycles. The first-order chi connectivity index (χ1) is 18.4. The van der Waals surface area contributed by atoms with Gasteiger partial charge in [0.05, 0.1) is 10.6 Å². The van der Waals surface area contributed by atoms with Gasteiger partial charge in [-0.15, -0.1) is 0 Å². The van der Waals surface area contributed by atoms with Crippen LogP contribution in [0.5, 0.6) is 0 Å². The van der Waals surface area contributed by atoms with Crippen LogP contribution in [0.4, 0.5) is 5.69 Å². The molecule has 0 aliphatic rings. The number of nitrogens with zero attached hydrogens (tertiary/aromatic N) is 2. The number of carbonyl (C=O) groups is 2. The molecule has 0 spiro atoms. The van der Waals surface area contributed by atoms with Gasteiger partial charge in [0, 0.05) is 23.6 Å². The summed E-state index contributed by atoms with van der Waals surface area (Å²) in [6, 6.07) is 15.7. The Bertz CT molecular complexity index is 1460. The van der Waals surface area contributed by atoms with Crippen molar-refractivity contribution >= 4 is 50.7 Å². The largest absolute Gasteiger partial charge is 0.357 e. The molecule has 0 saturated heterocycles. The molecule has 0 fully saturated rings. The standard InChI is InChI=1S/C29H33Cl2N3O4S/c1-6-27(29(36)32-5)33(17-22-10-11-23(30)16-26(22)31)28(35)18-34(24-12-9-20(3)21(4)15-24)39(37,38)25-13-7-19(2)8-14-25/h7-16,27H,6,17-18H2,1-5H3,(H,32,36)/t27-/m1/s1. The molecule has 3 rings (SSSR count). The molecule has 0 radical (unpaired) electrons. The third-order valence-corrected chi connectivity index (χ3v) is 9.03. The Labute approximate surface area is 240 Å².